The molecule has 2 aromatic carbocycles. The molecule has 1 amide bonds. The van der Waals surface area contributed by atoms with E-state index in [4.69, 9.17) is 4.99 Å². The Morgan fingerprint density at radius 2 is 2.00 bits per heavy atom. The lowest BCUT2D eigenvalue weighted by molar-refractivity contribution is -0.114. The van der Waals surface area contributed by atoms with E-state index in [-0.39, 0.29) is 11.3 Å². The fraction of sp³-hybridized carbons (Fsp3) is 0.364. The second kappa shape index (κ2) is 7.77. The lowest BCUT2D eigenvalue weighted by atomic mass is 9.73. The summed E-state index contributed by atoms with van der Waals surface area (Å²) in [5.41, 5.74) is 4.65. The zero-order valence-corrected chi connectivity index (χ0v) is 16.4. The van der Waals surface area contributed by atoms with Crippen molar-refractivity contribution in [3.05, 3.63) is 59.7 Å². The minimum absolute atomic E-state index is 0.0531. The lowest BCUT2D eigenvalue weighted by Crippen LogP contribution is -2.44. The van der Waals surface area contributed by atoms with E-state index in [1.54, 1.807) is 0 Å². The van der Waals surface area contributed by atoms with Crippen molar-refractivity contribution in [1.29, 1.82) is 0 Å². The minimum Gasteiger partial charge on any atom is -0.343 e. The molecule has 5 heteroatoms. The van der Waals surface area contributed by atoms with Crippen LogP contribution in [0.4, 0.5) is 11.4 Å². The van der Waals surface area contributed by atoms with Crippen molar-refractivity contribution in [3.8, 4) is 0 Å². The van der Waals surface area contributed by atoms with Gasteiger partial charge in [-0.1, -0.05) is 30.3 Å². The van der Waals surface area contributed by atoms with Gasteiger partial charge in [-0.2, -0.15) is 11.8 Å². The van der Waals surface area contributed by atoms with Crippen molar-refractivity contribution >= 4 is 34.9 Å². The normalized spacial score (nSPS) is 19.4. The van der Waals surface area contributed by atoms with Crippen molar-refractivity contribution in [2.24, 2.45) is 10.4 Å². The third-order valence-corrected chi connectivity index (χ3v) is 6.40. The lowest BCUT2D eigenvalue weighted by Gasteiger charge is -2.42. The fourth-order valence-corrected chi connectivity index (χ4v) is 5.28. The van der Waals surface area contributed by atoms with Gasteiger partial charge in [-0.25, -0.2) is 0 Å². The molecule has 0 atom stereocenters. The maximum atomic E-state index is 11.3. The Morgan fingerprint density at radius 1 is 1.19 bits per heavy atom. The largest absolute Gasteiger partial charge is 0.343 e. The topological polar surface area (TPSA) is 53.5 Å². The number of para-hydroxylation sites is 1. The number of aliphatic imine (C=N–C) groups is 1. The number of benzene rings is 2. The molecule has 4 nitrogen and oxygen atoms in total. The Balaban J connectivity index is 1.61. The molecule has 1 saturated heterocycles. The number of amidine groups is 1. The minimum atomic E-state index is -0.0531. The van der Waals surface area contributed by atoms with Gasteiger partial charge in [0.2, 0.25) is 5.91 Å². The van der Waals surface area contributed by atoms with Gasteiger partial charge < -0.3 is 10.6 Å². The number of carbonyl (C=O) groups is 1. The molecule has 2 aromatic rings. The molecule has 27 heavy (non-hydrogen) atoms. The smallest absolute Gasteiger partial charge is 0.221 e. The first-order valence-corrected chi connectivity index (χ1v) is 10.6. The molecule has 2 aliphatic heterocycles. The van der Waals surface area contributed by atoms with Gasteiger partial charge in [0, 0.05) is 23.7 Å². The predicted molar refractivity (Wildman–Crippen MR) is 115 cm³/mol. The summed E-state index contributed by atoms with van der Waals surface area (Å²) in [6.45, 7) is 2.15. The van der Waals surface area contributed by atoms with Crippen LogP contribution in [0.5, 0.6) is 0 Å². The van der Waals surface area contributed by atoms with Gasteiger partial charge in [0.25, 0.3) is 0 Å². The number of amides is 1. The van der Waals surface area contributed by atoms with E-state index in [9.17, 15) is 4.79 Å². The quantitative estimate of drug-likeness (QED) is 0.811. The van der Waals surface area contributed by atoms with Crippen LogP contribution in [0, 0.1) is 5.41 Å². The number of nitrogens with one attached hydrogen (secondary N) is 2. The monoisotopic (exact) mass is 379 g/mol. The summed E-state index contributed by atoms with van der Waals surface area (Å²) in [6, 6.07) is 16.5. The van der Waals surface area contributed by atoms with E-state index in [0.29, 0.717) is 6.54 Å². The zero-order chi connectivity index (χ0) is 18.7. The second-order valence-corrected chi connectivity index (χ2v) is 8.62. The second-order valence-electron chi connectivity index (χ2n) is 7.40. The first-order valence-electron chi connectivity index (χ1n) is 9.49. The van der Waals surface area contributed by atoms with E-state index in [1.165, 1.54) is 42.5 Å². The average Bonchev–Trinajstić information content (AvgIpc) is 2.67. The van der Waals surface area contributed by atoms with Crippen LogP contribution < -0.4 is 10.6 Å². The van der Waals surface area contributed by atoms with E-state index in [2.05, 4.69) is 41.0 Å². The standard InChI is InChI=1S/C22H25N3OS/c1-16(26)24-19-7-4-5-17(13-19)15-23-21-22(9-11-27-12-10-22)14-18-6-2-3-8-20(18)25-21/h2-8,13H,9-12,14-15H2,1H3,(H,23,25)(H,24,26). The van der Waals surface area contributed by atoms with Crippen molar-refractivity contribution < 1.29 is 4.79 Å². The molecule has 0 aliphatic carbocycles. The number of nitrogens with zero attached hydrogens (tertiary/aromatic N) is 1. The van der Waals surface area contributed by atoms with Gasteiger partial charge in [-0.15, -0.1) is 0 Å². The Hall–Kier alpha value is -2.27. The number of rotatable bonds is 3. The molecule has 1 spiro atoms. The molecule has 0 radical (unpaired) electrons. The molecule has 4 rings (SSSR count). The summed E-state index contributed by atoms with van der Waals surface area (Å²) in [5.74, 6) is 3.47. The van der Waals surface area contributed by atoms with Gasteiger partial charge in [0.15, 0.2) is 0 Å². The summed E-state index contributed by atoms with van der Waals surface area (Å²) in [5, 5.41) is 6.49. The third kappa shape index (κ3) is 4.03. The van der Waals surface area contributed by atoms with Crippen LogP contribution in [0.25, 0.3) is 0 Å². The number of hydrogen-bond donors (Lipinski definition) is 2. The molecule has 0 saturated carbocycles. The maximum Gasteiger partial charge on any atom is 0.221 e. The Bertz CT molecular complexity index is 871. The Kier molecular flexibility index (Phi) is 5.21. The number of thioether (sulfide) groups is 1. The molecular formula is C22H25N3OS. The van der Waals surface area contributed by atoms with Crippen molar-refractivity contribution in [2.45, 2.75) is 32.7 Å². The van der Waals surface area contributed by atoms with E-state index in [1.807, 2.05) is 30.0 Å². The molecule has 0 bridgehead atoms. The zero-order valence-electron chi connectivity index (χ0n) is 15.6. The average molecular weight is 380 g/mol. The first kappa shape index (κ1) is 18.1. The van der Waals surface area contributed by atoms with Crippen molar-refractivity contribution in [2.75, 3.05) is 22.1 Å². The van der Waals surface area contributed by atoms with Crippen LogP contribution in [0.1, 0.15) is 30.9 Å². The molecule has 0 unspecified atom stereocenters. The number of anilines is 2. The molecular weight excluding hydrogens is 354 g/mol. The highest BCUT2D eigenvalue weighted by Gasteiger charge is 2.41. The number of fused-ring (bicyclic) bond motifs is 1. The van der Waals surface area contributed by atoms with Crippen LogP contribution in [0.3, 0.4) is 0 Å². The number of carbonyl (C=O) groups excluding carboxylic acids is 1. The van der Waals surface area contributed by atoms with Gasteiger partial charge in [-0.05, 0) is 60.1 Å². The molecule has 140 valence electrons. The van der Waals surface area contributed by atoms with Gasteiger partial charge >= 0.3 is 0 Å². The van der Waals surface area contributed by atoms with E-state index in [0.717, 1.165) is 23.5 Å². The van der Waals surface area contributed by atoms with Gasteiger partial charge in [-0.3, -0.25) is 9.79 Å². The van der Waals surface area contributed by atoms with Crippen LogP contribution in [0.15, 0.2) is 53.5 Å². The summed E-state index contributed by atoms with van der Waals surface area (Å²) >= 11 is 2.04. The predicted octanol–water partition coefficient (Wildman–Crippen LogP) is 4.73. The van der Waals surface area contributed by atoms with Gasteiger partial charge in [0.1, 0.15) is 5.84 Å². The van der Waals surface area contributed by atoms with E-state index < -0.39 is 0 Å². The van der Waals surface area contributed by atoms with Crippen molar-refractivity contribution in [1.82, 2.24) is 0 Å². The summed E-state index contributed by atoms with van der Waals surface area (Å²) < 4.78 is 0. The number of hydrogen-bond acceptors (Lipinski definition) is 3. The molecule has 2 aliphatic rings. The Labute approximate surface area is 164 Å². The Morgan fingerprint density at radius 3 is 2.81 bits per heavy atom. The SMILES string of the molecule is CC(=O)Nc1cccc(CN=C2Nc3ccccc3CC23CCSCC3)c1. The van der Waals surface area contributed by atoms with Crippen LogP contribution in [-0.4, -0.2) is 23.2 Å². The highest BCUT2D eigenvalue weighted by atomic mass is 32.2. The van der Waals surface area contributed by atoms with Crippen LogP contribution in [-0.2, 0) is 17.8 Å². The van der Waals surface area contributed by atoms with Gasteiger partial charge in [0.05, 0.1) is 6.54 Å². The third-order valence-electron chi connectivity index (χ3n) is 5.42. The first-order chi connectivity index (χ1) is 13.1. The van der Waals surface area contributed by atoms with E-state index >= 15 is 0 Å². The molecule has 1 fully saturated rings. The highest BCUT2D eigenvalue weighted by molar-refractivity contribution is 7.99. The summed E-state index contributed by atoms with van der Waals surface area (Å²) in [7, 11) is 0. The summed E-state index contributed by atoms with van der Waals surface area (Å²) in [6.07, 6.45) is 3.41. The fourth-order valence-electron chi connectivity index (χ4n) is 4.01. The maximum absolute atomic E-state index is 11.3. The van der Waals surface area contributed by atoms with Crippen molar-refractivity contribution in [3.63, 3.8) is 0 Å². The molecule has 0 aromatic heterocycles. The molecule has 2 N–H and O–H groups in total. The summed E-state index contributed by atoms with van der Waals surface area (Å²) in [4.78, 5) is 16.3. The van der Waals surface area contributed by atoms with Crippen LogP contribution in [0.2, 0.25) is 0 Å². The molecule has 2 heterocycles. The highest BCUT2D eigenvalue weighted by Crippen LogP contribution is 2.44. The van der Waals surface area contributed by atoms with Crippen LogP contribution >= 0.6 is 11.8 Å².